The predicted molar refractivity (Wildman–Crippen MR) is 102 cm³/mol. The SMILES string of the molecule is C[C@@H]([NH2+]CC(=O)N1CCN(c2ccccc2)CC1)c1ccc(Cl)cc1. The number of piperazine rings is 1. The fraction of sp³-hybridized carbons (Fsp3) is 0.350. The van der Waals surface area contributed by atoms with Gasteiger partial charge in [0.25, 0.3) is 5.91 Å². The molecule has 0 aromatic heterocycles. The van der Waals surface area contributed by atoms with E-state index in [1.807, 2.05) is 35.2 Å². The molecule has 4 nitrogen and oxygen atoms in total. The molecule has 0 saturated carbocycles. The lowest BCUT2D eigenvalue weighted by atomic mass is 10.1. The second-order valence-electron chi connectivity index (χ2n) is 6.48. The molecule has 1 amide bonds. The summed E-state index contributed by atoms with van der Waals surface area (Å²) >= 11 is 5.93. The van der Waals surface area contributed by atoms with Gasteiger partial charge < -0.3 is 15.1 Å². The second-order valence-corrected chi connectivity index (χ2v) is 6.92. The van der Waals surface area contributed by atoms with Crippen LogP contribution in [0.4, 0.5) is 5.69 Å². The lowest BCUT2D eigenvalue weighted by Gasteiger charge is -2.35. The molecule has 0 aliphatic carbocycles. The molecule has 0 bridgehead atoms. The molecule has 5 heteroatoms. The molecule has 1 saturated heterocycles. The average Bonchev–Trinajstić information content (AvgIpc) is 2.67. The Morgan fingerprint density at radius 2 is 1.68 bits per heavy atom. The second kappa shape index (κ2) is 8.37. The van der Waals surface area contributed by atoms with Crippen LogP contribution in [0.5, 0.6) is 0 Å². The number of amides is 1. The lowest BCUT2D eigenvalue weighted by molar-refractivity contribution is -0.683. The number of quaternary nitrogens is 1. The molecule has 2 aromatic carbocycles. The minimum Gasteiger partial charge on any atom is -0.368 e. The van der Waals surface area contributed by atoms with Crippen LogP contribution in [-0.2, 0) is 4.79 Å². The molecule has 0 spiro atoms. The van der Waals surface area contributed by atoms with Gasteiger partial charge in [0, 0.05) is 42.5 Å². The van der Waals surface area contributed by atoms with Crippen LogP contribution >= 0.6 is 11.6 Å². The van der Waals surface area contributed by atoms with Crippen LogP contribution in [0.25, 0.3) is 0 Å². The lowest BCUT2D eigenvalue weighted by Crippen LogP contribution is -2.87. The quantitative estimate of drug-likeness (QED) is 0.891. The molecule has 3 rings (SSSR count). The first kappa shape index (κ1) is 17.8. The summed E-state index contributed by atoms with van der Waals surface area (Å²) in [7, 11) is 0. The van der Waals surface area contributed by atoms with Gasteiger partial charge in [0.05, 0.1) is 0 Å². The maximum atomic E-state index is 12.5. The fourth-order valence-electron chi connectivity index (χ4n) is 3.16. The van der Waals surface area contributed by atoms with Gasteiger partial charge in [-0.25, -0.2) is 0 Å². The van der Waals surface area contributed by atoms with Crippen molar-refractivity contribution >= 4 is 23.2 Å². The maximum absolute atomic E-state index is 12.5. The highest BCUT2D eigenvalue weighted by molar-refractivity contribution is 6.30. The average molecular weight is 359 g/mol. The summed E-state index contributed by atoms with van der Waals surface area (Å²) < 4.78 is 0. The Bertz CT molecular complexity index is 682. The van der Waals surface area contributed by atoms with Gasteiger partial charge >= 0.3 is 0 Å². The predicted octanol–water partition coefficient (Wildman–Crippen LogP) is 2.31. The molecule has 1 aliphatic rings. The molecule has 1 heterocycles. The van der Waals surface area contributed by atoms with Gasteiger partial charge in [-0.05, 0) is 31.2 Å². The van der Waals surface area contributed by atoms with E-state index in [4.69, 9.17) is 11.6 Å². The van der Waals surface area contributed by atoms with E-state index >= 15 is 0 Å². The number of hydrogen-bond donors (Lipinski definition) is 1. The summed E-state index contributed by atoms with van der Waals surface area (Å²) in [5.74, 6) is 0.216. The van der Waals surface area contributed by atoms with E-state index in [0.717, 1.165) is 31.2 Å². The molecule has 2 aromatic rings. The minimum absolute atomic E-state index is 0.216. The zero-order valence-corrected chi connectivity index (χ0v) is 15.3. The van der Waals surface area contributed by atoms with E-state index in [1.54, 1.807) is 0 Å². The molecule has 2 N–H and O–H groups in total. The third kappa shape index (κ3) is 4.74. The van der Waals surface area contributed by atoms with Crippen molar-refractivity contribution in [3.8, 4) is 0 Å². The highest BCUT2D eigenvalue weighted by atomic mass is 35.5. The number of benzene rings is 2. The molecule has 1 fully saturated rings. The van der Waals surface area contributed by atoms with Gasteiger partial charge in [-0.1, -0.05) is 41.9 Å². The van der Waals surface area contributed by atoms with Crippen molar-refractivity contribution in [2.75, 3.05) is 37.6 Å². The number of para-hydroxylation sites is 1. The van der Waals surface area contributed by atoms with Gasteiger partial charge in [0.1, 0.15) is 6.04 Å². The smallest absolute Gasteiger partial charge is 0.277 e. The normalized spacial score (nSPS) is 15.9. The zero-order valence-electron chi connectivity index (χ0n) is 14.6. The largest absolute Gasteiger partial charge is 0.368 e. The minimum atomic E-state index is 0.216. The van der Waals surface area contributed by atoms with E-state index in [0.29, 0.717) is 6.54 Å². The Labute approximate surface area is 154 Å². The first-order valence-electron chi connectivity index (χ1n) is 8.80. The van der Waals surface area contributed by atoms with Gasteiger partial charge in [-0.15, -0.1) is 0 Å². The van der Waals surface area contributed by atoms with Crippen LogP contribution < -0.4 is 10.2 Å². The summed E-state index contributed by atoms with van der Waals surface area (Å²) in [6.45, 7) is 5.96. The number of hydrogen-bond acceptors (Lipinski definition) is 2. The monoisotopic (exact) mass is 358 g/mol. The summed E-state index contributed by atoms with van der Waals surface area (Å²) in [5.41, 5.74) is 2.42. The Morgan fingerprint density at radius 1 is 1.04 bits per heavy atom. The highest BCUT2D eigenvalue weighted by Crippen LogP contribution is 2.16. The van der Waals surface area contributed by atoms with Crippen LogP contribution in [0.1, 0.15) is 18.5 Å². The molecule has 25 heavy (non-hydrogen) atoms. The standard InChI is InChI=1S/C20H24ClN3O/c1-16(17-7-9-18(21)10-8-17)22-15-20(25)24-13-11-23(12-14-24)19-5-3-2-4-6-19/h2-10,16,22H,11-15H2,1H3/p+1/t16-/m1/s1. The van der Waals surface area contributed by atoms with Crippen molar-refractivity contribution in [3.63, 3.8) is 0 Å². The molecular weight excluding hydrogens is 334 g/mol. The van der Waals surface area contributed by atoms with Crippen molar-refractivity contribution in [3.05, 3.63) is 65.2 Å². The number of nitrogens with two attached hydrogens (primary N) is 1. The van der Waals surface area contributed by atoms with Crippen molar-refractivity contribution in [2.45, 2.75) is 13.0 Å². The van der Waals surface area contributed by atoms with E-state index in [1.165, 1.54) is 11.3 Å². The van der Waals surface area contributed by atoms with Crippen LogP contribution in [0.15, 0.2) is 54.6 Å². The van der Waals surface area contributed by atoms with Crippen LogP contribution in [0, 0.1) is 0 Å². The first-order valence-corrected chi connectivity index (χ1v) is 9.18. The van der Waals surface area contributed by atoms with Gasteiger partial charge in [-0.2, -0.15) is 0 Å². The zero-order chi connectivity index (χ0) is 17.6. The van der Waals surface area contributed by atoms with Gasteiger partial charge in [0.2, 0.25) is 0 Å². The van der Waals surface area contributed by atoms with E-state index in [9.17, 15) is 4.79 Å². The van der Waals surface area contributed by atoms with E-state index in [2.05, 4.69) is 41.4 Å². The summed E-state index contributed by atoms with van der Waals surface area (Å²) in [4.78, 5) is 16.8. The Kier molecular flexibility index (Phi) is 5.95. The van der Waals surface area contributed by atoms with E-state index < -0.39 is 0 Å². The topological polar surface area (TPSA) is 40.2 Å². The molecular formula is C20H25ClN3O+. The van der Waals surface area contributed by atoms with Crippen LogP contribution in [0.3, 0.4) is 0 Å². The summed E-state index contributed by atoms with van der Waals surface area (Å²) in [6.07, 6.45) is 0. The van der Waals surface area contributed by atoms with Crippen molar-refractivity contribution in [1.29, 1.82) is 0 Å². The molecule has 1 atom stereocenters. The summed E-state index contributed by atoms with van der Waals surface area (Å²) in [5, 5.41) is 2.83. The number of anilines is 1. The molecule has 0 unspecified atom stereocenters. The first-order chi connectivity index (χ1) is 12.1. The summed E-state index contributed by atoms with van der Waals surface area (Å²) in [6, 6.07) is 18.5. The van der Waals surface area contributed by atoms with Crippen molar-refractivity contribution < 1.29 is 10.1 Å². The van der Waals surface area contributed by atoms with Gasteiger partial charge in [-0.3, -0.25) is 4.79 Å². The number of nitrogens with zero attached hydrogens (tertiary/aromatic N) is 2. The van der Waals surface area contributed by atoms with Crippen molar-refractivity contribution in [2.24, 2.45) is 0 Å². The number of halogens is 1. The molecule has 1 aliphatic heterocycles. The number of rotatable bonds is 5. The van der Waals surface area contributed by atoms with Gasteiger partial charge in [0.15, 0.2) is 6.54 Å². The molecule has 0 radical (unpaired) electrons. The van der Waals surface area contributed by atoms with Crippen molar-refractivity contribution in [1.82, 2.24) is 4.90 Å². The number of carbonyl (C=O) groups excluding carboxylic acids is 1. The van der Waals surface area contributed by atoms with Crippen LogP contribution in [-0.4, -0.2) is 43.5 Å². The third-order valence-electron chi connectivity index (χ3n) is 4.80. The van der Waals surface area contributed by atoms with E-state index in [-0.39, 0.29) is 11.9 Å². The Balaban J connectivity index is 1.45. The van der Waals surface area contributed by atoms with Crippen LogP contribution in [0.2, 0.25) is 5.02 Å². The maximum Gasteiger partial charge on any atom is 0.277 e. The Morgan fingerprint density at radius 3 is 2.32 bits per heavy atom. The molecule has 132 valence electrons. The fourth-order valence-corrected chi connectivity index (χ4v) is 3.29. The third-order valence-corrected chi connectivity index (χ3v) is 5.05. The number of carbonyl (C=O) groups is 1. The Hall–Kier alpha value is -2.04. The highest BCUT2D eigenvalue weighted by Gasteiger charge is 2.22.